The molecule has 0 aliphatic heterocycles. The summed E-state index contributed by atoms with van der Waals surface area (Å²) in [5.74, 6) is 0.399. The standard InChI is InChI=1S/C29H32N2O4S/c1-3-23(2)31(36(33,34)28-16-15-25-12-7-8-13-26(25)20-28)22-29(32)30(21-27-14-9-19-35-27)18-17-24-10-5-4-6-11-24/h4-16,19-20,23H,3,17-18,21-22H2,1-2H3/t23-/m1/s1. The van der Waals surface area contributed by atoms with Crippen molar-refractivity contribution in [2.45, 2.75) is 44.2 Å². The van der Waals surface area contributed by atoms with Gasteiger partial charge in [0.05, 0.1) is 24.2 Å². The van der Waals surface area contributed by atoms with E-state index in [0.29, 0.717) is 25.1 Å². The van der Waals surface area contributed by atoms with Crippen LogP contribution in [0.1, 0.15) is 31.6 Å². The van der Waals surface area contributed by atoms with Crippen LogP contribution in [0.3, 0.4) is 0 Å². The number of hydrogen-bond donors (Lipinski definition) is 0. The summed E-state index contributed by atoms with van der Waals surface area (Å²) in [7, 11) is -3.90. The van der Waals surface area contributed by atoms with Gasteiger partial charge in [0.15, 0.2) is 0 Å². The van der Waals surface area contributed by atoms with Gasteiger partial charge in [-0.2, -0.15) is 4.31 Å². The third kappa shape index (κ3) is 6.04. The predicted octanol–water partition coefficient (Wildman–Crippen LogP) is 5.49. The molecule has 0 aliphatic carbocycles. The Kier molecular flexibility index (Phi) is 8.23. The summed E-state index contributed by atoms with van der Waals surface area (Å²) in [4.78, 5) is 15.5. The Morgan fingerprint density at radius 2 is 1.64 bits per heavy atom. The highest BCUT2D eigenvalue weighted by molar-refractivity contribution is 7.89. The Balaban J connectivity index is 1.59. The van der Waals surface area contributed by atoms with E-state index in [-0.39, 0.29) is 29.9 Å². The summed E-state index contributed by atoms with van der Waals surface area (Å²) in [6.07, 6.45) is 2.82. The molecule has 0 spiro atoms. The number of amides is 1. The molecule has 1 amide bonds. The lowest BCUT2D eigenvalue weighted by Gasteiger charge is -2.30. The highest BCUT2D eigenvalue weighted by Gasteiger charge is 2.32. The summed E-state index contributed by atoms with van der Waals surface area (Å²) in [5.41, 5.74) is 1.11. The fourth-order valence-corrected chi connectivity index (χ4v) is 5.86. The van der Waals surface area contributed by atoms with Crippen LogP contribution >= 0.6 is 0 Å². The molecule has 0 aliphatic rings. The first-order valence-corrected chi connectivity index (χ1v) is 13.7. The molecular weight excluding hydrogens is 472 g/mol. The van der Waals surface area contributed by atoms with Crippen LogP contribution in [0.4, 0.5) is 0 Å². The van der Waals surface area contributed by atoms with Gasteiger partial charge in [-0.25, -0.2) is 8.42 Å². The minimum atomic E-state index is -3.90. The van der Waals surface area contributed by atoms with Gasteiger partial charge in [0.25, 0.3) is 0 Å². The molecule has 36 heavy (non-hydrogen) atoms. The van der Waals surface area contributed by atoms with Crippen molar-refractivity contribution in [2.24, 2.45) is 0 Å². The van der Waals surface area contributed by atoms with E-state index in [1.54, 1.807) is 29.4 Å². The number of rotatable bonds is 11. The van der Waals surface area contributed by atoms with E-state index >= 15 is 0 Å². The lowest BCUT2D eigenvalue weighted by Crippen LogP contribution is -2.46. The normalized spacial score (nSPS) is 12.6. The molecule has 0 saturated heterocycles. The van der Waals surface area contributed by atoms with Gasteiger partial charge in [0.2, 0.25) is 15.9 Å². The van der Waals surface area contributed by atoms with Crippen molar-refractivity contribution in [2.75, 3.05) is 13.1 Å². The van der Waals surface area contributed by atoms with E-state index in [9.17, 15) is 13.2 Å². The molecule has 4 rings (SSSR count). The van der Waals surface area contributed by atoms with E-state index in [0.717, 1.165) is 16.3 Å². The predicted molar refractivity (Wildman–Crippen MR) is 142 cm³/mol. The number of carbonyl (C=O) groups is 1. The maximum Gasteiger partial charge on any atom is 0.243 e. The number of furan rings is 1. The average Bonchev–Trinajstić information content (AvgIpc) is 3.42. The Morgan fingerprint density at radius 1 is 0.917 bits per heavy atom. The minimum absolute atomic E-state index is 0.191. The number of carbonyl (C=O) groups excluding carboxylic acids is 1. The maximum atomic E-state index is 13.8. The molecule has 4 aromatic rings. The van der Waals surface area contributed by atoms with Gasteiger partial charge in [-0.1, -0.05) is 67.6 Å². The molecule has 0 N–H and O–H groups in total. The second kappa shape index (κ2) is 11.5. The van der Waals surface area contributed by atoms with Gasteiger partial charge >= 0.3 is 0 Å². The molecule has 6 nitrogen and oxygen atoms in total. The molecule has 188 valence electrons. The highest BCUT2D eigenvalue weighted by Crippen LogP contribution is 2.24. The van der Waals surface area contributed by atoms with Gasteiger partial charge in [-0.05, 0) is 60.4 Å². The molecule has 0 saturated carbocycles. The molecular formula is C29H32N2O4S. The van der Waals surface area contributed by atoms with Crippen LogP contribution in [0.25, 0.3) is 10.8 Å². The highest BCUT2D eigenvalue weighted by atomic mass is 32.2. The van der Waals surface area contributed by atoms with E-state index < -0.39 is 10.0 Å². The van der Waals surface area contributed by atoms with Crippen LogP contribution in [-0.2, 0) is 27.8 Å². The zero-order chi connectivity index (χ0) is 25.5. The first-order valence-electron chi connectivity index (χ1n) is 12.2. The van der Waals surface area contributed by atoms with E-state index in [2.05, 4.69) is 0 Å². The van der Waals surface area contributed by atoms with Crippen molar-refractivity contribution in [3.63, 3.8) is 0 Å². The number of hydrogen-bond acceptors (Lipinski definition) is 4. The Morgan fingerprint density at radius 3 is 2.33 bits per heavy atom. The molecule has 0 fully saturated rings. The molecule has 0 unspecified atom stereocenters. The first-order chi connectivity index (χ1) is 17.4. The lowest BCUT2D eigenvalue weighted by molar-refractivity contribution is -0.132. The molecule has 1 heterocycles. The van der Waals surface area contributed by atoms with E-state index in [1.807, 2.05) is 80.6 Å². The topological polar surface area (TPSA) is 70.8 Å². The van der Waals surface area contributed by atoms with Gasteiger partial charge in [0, 0.05) is 12.6 Å². The smallest absolute Gasteiger partial charge is 0.243 e. The fourth-order valence-electron chi connectivity index (χ4n) is 4.17. The van der Waals surface area contributed by atoms with Crippen LogP contribution in [0.15, 0.2) is 101 Å². The fraction of sp³-hybridized carbons (Fsp3) is 0.276. The molecule has 0 radical (unpaired) electrons. The second-order valence-corrected chi connectivity index (χ2v) is 10.8. The number of fused-ring (bicyclic) bond motifs is 1. The van der Waals surface area contributed by atoms with Crippen molar-refractivity contribution >= 4 is 26.7 Å². The van der Waals surface area contributed by atoms with Crippen molar-refractivity contribution in [3.05, 3.63) is 103 Å². The van der Waals surface area contributed by atoms with Crippen LogP contribution in [-0.4, -0.2) is 42.7 Å². The Labute approximate surface area is 213 Å². The molecule has 1 atom stereocenters. The Bertz CT molecular complexity index is 1390. The largest absolute Gasteiger partial charge is 0.467 e. The lowest BCUT2D eigenvalue weighted by atomic mass is 10.1. The summed E-state index contributed by atoms with van der Waals surface area (Å²) in [5, 5.41) is 1.81. The summed E-state index contributed by atoms with van der Waals surface area (Å²) < 4.78 is 34.4. The van der Waals surface area contributed by atoms with Crippen molar-refractivity contribution in [1.29, 1.82) is 0 Å². The molecule has 0 bridgehead atoms. The monoisotopic (exact) mass is 504 g/mol. The summed E-state index contributed by atoms with van der Waals surface area (Å²) in [6, 6.07) is 25.9. The van der Waals surface area contributed by atoms with Gasteiger partial charge in [0.1, 0.15) is 5.76 Å². The van der Waals surface area contributed by atoms with Gasteiger partial charge in [-0.3, -0.25) is 4.79 Å². The zero-order valence-electron chi connectivity index (χ0n) is 20.7. The van der Waals surface area contributed by atoms with Crippen molar-refractivity contribution in [3.8, 4) is 0 Å². The van der Waals surface area contributed by atoms with Crippen molar-refractivity contribution < 1.29 is 17.6 Å². The maximum absolute atomic E-state index is 13.8. The molecule has 1 aromatic heterocycles. The van der Waals surface area contributed by atoms with Crippen LogP contribution in [0, 0.1) is 0 Å². The first kappa shape index (κ1) is 25.7. The Hall–Kier alpha value is -3.42. The van der Waals surface area contributed by atoms with E-state index in [4.69, 9.17) is 4.42 Å². The number of benzene rings is 3. The van der Waals surface area contributed by atoms with Crippen LogP contribution in [0.2, 0.25) is 0 Å². The summed E-state index contributed by atoms with van der Waals surface area (Å²) in [6.45, 7) is 4.26. The molecule has 7 heteroatoms. The van der Waals surface area contributed by atoms with Gasteiger partial charge < -0.3 is 9.32 Å². The summed E-state index contributed by atoms with van der Waals surface area (Å²) >= 11 is 0. The second-order valence-electron chi connectivity index (χ2n) is 8.95. The number of nitrogens with zero attached hydrogens (tertiary/aromatic N) is 2. The SMILES string of the molecule is CC[C@@H](C)N(CC(=O)N(CCc1ccccc1)Cc1ccco1)S(=O)(=O)c1ccc2ccccc2c1. The third-order valence-corrected chi connectivity index (χ3v) is 8.45. The van der Waals surface area contributed by atoms with Crippen molar-refractivity contribution in [1.82, 2.24) is 9.21 Å². The minimum Gasteiger partial charge on any atom is -0.467 e. The van der Waals surface area contributed by atoms with Gasteiger partial charge in [-0.15, -0.1) is 0 Å². The quantitative estimate of drug-likeness (QED) is 0.271. The average molecular weight is 505 g/mol. The zero-order valence-corrected chi connectivity index (χ0v) is 21.5. The van der Waals surface area contributed by atoms with Crippen LogP contribution < -0.4 is 0 Å². The van der Waals surface area contributed by atoms with E-state index in [1.165, 1.54) is 4.31 Å². The van der Waals surface area contributed by atoms with Crippen LogP contribution in [0.5, 0.6) is 0 Å². The third-order valence-electron chi connectivity index (χ3n) is 6.49. The number of sulfonamides is 1. The molecule has 3 aromatic carbocycles.